The molecule has 6 nitrogen and oxygen atoms in total. The van der Waals surface area contributed by atoms with E-state index in [1.165, 1.54) is 16.2 Å². The number of hydrogen-bond acceptors (Lipinski definition) is 6. The van der Waals surface area contributed by atoms with Gasteiger partial charge in [-0.3, -0.25) is 18.9 Å². The van der Waals surface area contributed by atoms with Crippen LogP contribution in [0.4, 0.5) is 5.82 Å². The summed E-state index contributed by atoms with van der Waals surface area (Å²) in [7, 11) is 0. The van der Waals surface area contributed by atoms with Crippen LogP contribution in [0.25, 0.3) is 11.7 Å². The molecule has 0 aromatic carbocycles. The lowest BCUT2D eigenvalue weighted by atomic mass is 10.2. The van der Waals surface area contributed by atoms with Gasteiger partial charge in [-0.2, -0.15) is 0 Å². The molecule has 0 radical (unpaired) electrons. The van der Waals surface area contributed by atoms with Crippen LogP contribution < -0.4 is 10.9 Å². The Labute approximate surface area is 174 Å². The average molecular weight is 417 g/mol. The predicted molar refractivity (Wildman–Crippen MR) is 120 cm³/mol. The molecule has 0 aliphatic carbocycles. The summed E-state index contributed by atoms with van der Waals surface area (Å²) < 4.78 is 2.05. The Morgan fingerprint density at radius 2 is 2.11 bits per heavy atom. The highest BCUT2D eigenvalue weighted by molar-refractivity contribution is 8.26. The number of carbonyl (C=O) groups is 1. The quantitative estimate of drug-likeness (QED) is 0.572. The van der Waals surface area contributed by atoms with Gasteiger partial charge in [-0.05, 0) is 37.0 Å². The summed E-state index contributed by atoms with van der Waals surface area (Å²) in [4.78, 5) is 32.6. The number of nitrogens with zero attached hydrogens (tertiary/aromatic N) is 3. The highest BCUT2D eigenvalue weighted by atomic mass is 32.2. The number of aromatic nitrogens is 2. The zero-order valence-electron chi connectivity index (χ0n) is 16.5. The molecule has 1 saturated heterocycles. The Kier molecular flexibility index (Phi) is 6.20. The maximum Gasteiger partial charge on any atom is 0.267 e. The highest BCUT2D eigenvalue weighted by Gasteiger charge is 2.32. The molecule has 0 saturated carbocycles. The van der Waals surface area contributed by atoms with Crippen molar-refractivity contribution in [3.8, 4) is 0 Å². The third-order valence-corrected chi connectivity index (χ3v) is 5.74. The topological polar surface area (TPSA) is 66.7 Å². The molecule has 2 aromatic rings. The fourth-order valence-corrected chi connectivity index (χ4v) is 4.22. The third kappa shape index (κ3) is 3.98. The average Bonchev–Trinajstić information content (AvgIpc) is 2.91. The van der Waals surface area contributed by atoms with Gasteiger partial charge in [-0.1, -0.05) is 50.8 Å². The zero-order valence-corrected chi connectivity index (χ0v) is 18.1. The Bertz CT molecular complexity index is 1030. The molecular formula is C20H24N4O2S2. The molecule has 0 bridgehead atoms. The highest BCUT2D eigenvalue weighted by Crippen LogP contribution is 2.33. The van der Waals surface area contributed by atoms with Crippen LogP contribution in [0.1, 0.15) is 38.3 Å². The van der Waals surface area contributed by atoms with E-state index in [1.807, 2.05) is 26.0 Å². The SMILES string of the molecule is CCCN1C(=O)C(=Cc2c(NCC(C)C)nc3c(C)cccn3c2=O)SC1=S. The largest absolute Gasteiger partial charge is 0.369 e. The van der Waals surface area contributed by atoms with Crippen LogP contribution in [0.2, 0.25) is 0 Å². The maximum atomic E-state index is 13.2. The minimum absolute atomic E-state index is 0.152. The van der Waals surface area contributed by atoms with Gasteiger partial charge in [-0.15, -0.1) is 0 Å². The van der Waals surface area contributed by atoms with E-state index in [-0.39, 0.29) is 11.5 Å². The van der Waals surface area contributed by atoms with Crippen molar-refractivity contribution < 1.29 is 4.79 Å². The molecule has 28 heavy (non-hydrogen) atoms. The normalized spacial score (nSPS) is 16.0. The lowest BCUT2D eigenvalue weighted by molar-refractivity contribution is -0.122. The molecule has 0 spiro atoms. The number of thiocarbonyl (C=S) groups is 1. The van der Waals surface area contributed by atoms with Crippen molar-refractivity contribution in [2.45, 2.75) is 34.1 Å². The van der Waals surface area contributed by atoms with Gasteiger partial charge < -0.3 is 5.32 Å². The number of pyridine rings is 1. The van der Waals surface area contributed by atoms with Crippen LogP contribution >= 0.6 is 24.0 Å². The first-order chi connectivity index (χ1) is 13.3. The Morgan fingerprint density at radius 1 is 1.36 bits per heavy atom. The second-order valence-corrected chi connectivity index (χ2v) is 8.85. The molecule has 3 heterocycles. The van der Waals surface area contributed by atoms with E-state index in [4.69, 9.17) is 12.2 Å². The summed E-state index contributed by atoms with van der Waals surface area (Å²) in [5.41, 5.74) is 1.68. The van der Waals surface area contributed by atoms with Gasteiger partial charge in [0.25, 0.3) is 11.5 Å². The van der Waals surface area contributed by atoms with Gasteiger partial charge in [0.1, 0.15) is 15.8 Å². The molecule has 1 N–H and O–H groups in total. The molecule has 0 atom stereocenters. The van der Waals surface area contributed by atoms with Crippen molar-refractivity contribution in [1.82, 2.24) is 14.3 Å². The van der Waals surface area contributed by atoms with Crippen LogP contribution in [-0.2, 0) is 4.79 Å². The van der Waals surface area contributed by atoms with Crippen molar-refractivity contribution in [3.63, 3.8) is 0 Å². The van der Waals surface area contributed by atoms with Crippen LogP contribution in [0.5, 0.6) is 0 Å². The van der Waals surface area contributed by atoms with Gasteiger partial charge in [0, 0.05) is 19.3 Å². The lowest BCUT2D eigenvalue weighted by Crippen LogP contribution is -2.28. The summed E-state index contributed by atoms with van der Waals surface area (Å²) in [5, 5.41) is 3.27. The van der Waals surface area contributed by atoms with E-state index in [2.05, 4.69) is 24.1 Å². The number of thioether (sulfide) groups is 1. The fraction of sp³-hybridized carbons (Fsp3) is 0.400. The first kappa shape index (κ1) is 20.5. The first-order valence-electron chi connectivity index (χ1n) is 9.34. The minimum atomic E-state index is -0.208. The van der Waals surface area contributed by atoms with E-state index in [1.54, 1.807) is 17.2 Å². The van der Waals surface area contributed by atoms with Crippen LogP contribution in [-0.4, -0.2) is 37.6 Å². The molecule has 1 fully saturated rings. The molecule has 1 aliphatic heterocycles. The van der Waals surface area contributed by atoms with Gasteiger partial charge in [0.2, 0.25) is 0 Å². The smallest absolute Gasteiger partial charge is 0.267 e. The lowest BCUT2D eigenvalue weighted by Gasteiger charge is -2.14. The maximum absolute atomic E-state index is 13.2. The molecule has 3 rings (SSSR count). The number of rotatable bonds is 6. The van der Waals surface area contributed by atoms with Gasteiger partial charge in [-0.25, -0.2) is 4.98 Å². The summed E-state index contributed by atoms with van der Waals surface area (Å²) in [6, 6.07) is 3.74. The second kappa shape index (κ2) is 8.45. The van der Waals surface area contributed by atoms with Crippen LogP contribution in [0.15, 0.2) is 28.0 Å². The van der Waals surface area contributed by atoms with E-state index in [9.17, 15) is 9.59 Å². The Morgan fingerprint density at radius 3 is 2.79 bits per heavy atom. The fourth-order valence-electron chi connectivity index (χ4n) is 2.92. The van der Waals surface area contributed by atoms with Gasteiger partial charge in [0.15, 0.2) is 0 Å². The number of amides is 1. The number of carbonyl (C=O) groups excluding carboxylic acids is 1. The zero-order chi connectivity index (χ0) is 20.4. The minimum Gasteiger partial charge on any atom is -0.369 e. The molecule has 8 heteroatoms. The van der Waals surface area contributed by atoms with E-state index in [0.29, 0.717) is 45.3 Å². The Hall–Kier alpha value is -2.19. The first-order valence-corrected chi connectivity index (χ1v) is 10.6. The number of aryl methyl sites for hydroxylation is 1. The van der Waals surface area contributed by atoms with Gasteiger partial charge >= 0.3 is 0 Å². The van der Waals surface area contributed by atoms with Crippen molar-refractivity contribution in [3.05, 3.63) is 44.7 Å². The van der Waals surface area contributed by atoms with Crippen molar-refractivity contribution in [2.75, 3.05) is 18.4 Å². The molecule has 0 unspecified atom stereocenters. The molecule has 148 valence electrons. The van der Waals surface area contributed by atoms with Crippen molar-refractivity contribution in [1.29, 1.82) is 0 Å². The molecule has 1 aliphatic rings. The molecular weight excluding hydrogens is 392 g/mol. The monoisotopic (exact) mass is 416 g/mol. The summed E-state index contributed by atoms with van der Waals surface area (Å²) in [6.07, 6.45) is 4.14. The molecule has 2 aromatic heterocycles. The number of nitrogens with one attached hydrogen (secondary N) is 1. The summed E-state index contributed by atoms with van der Waals surface area (Å²) in [6.45, 7) is 9.34. The predicted octanol–water partition coefficient (Wildman–Crippen LogP) is 3.68. The van der Waals surface area contributed by atoms with Crippen molar-refractivity contribution in [2.24, 2.45) is 5.92 Å². The summed E-state index contributed by atoms with van der Waals surface area (Å²) >= 11 is 6.57. The number of fused-ring (bicyclic) bond motifs is 1. The van der Waals surface area contributed by atoms with E-state index in [0.717, 1.165) is 12.0 Å². The standard InChI is InChI=1S/C20H24N4O2S2/c1-5-8-24-19(26)15(28-20(24)27)10-14-16(21-11-12(2)3)22-17-13(4)7-6-9-23(17)18(14)25/h6-7,9-10,12,21H,5,8,11H2,1-4H3. The number of hydrogen-bond donors (Lipinski definition) is 1. The Balaban J connectivity index is 2.15. The van der Waals surface area contributed by atoms with Crippen LogP contribution in [0.3, 0.4) is 0 Å². The van der Waals surface area contributed by atoms with E-state index >= 15 is 0 Å². The molecule has 1 amide bonds. The second-order valence-electron chi connectivity index (χ2n) is 7.17. The third-order valence-electron chi connectivity index (χ3n) is 4.36. The van der Waals surface area contributed by atoms with Gasteiger partial charge in [0.05, 0.1) is 10.5 Å². The summed E-state index contributed by atoms with van der Waals surface area (Å²) in [5.74, 6) is 0.724. The van der Waals surface area contributed by atoms with E-state index < -0.39 is 0 Å². The van der Waals surface area contributed by atoms with Crippen LogP contribution in [0, 0.1) is 12.8 Å². The van der Waals surface area contributed by atoms with Crippen molar-refractivity contribution >= 4 is 51.7 Å². The number of anilines is 1.